The zero-order valence-corrected chi connectivity index (χ0v) is 6.93. The van der Waals surface area contributed by atoms with Crippen molar-refractivity contribution in [1.29, 1.82) is 0 Å². The summed E-state index contributed by atoms with van der Waals surface area (Å²) < 4.78 is 0. The van der Waals surface area contributed by atoms with Crippen LogP contribution in [-0.4, -0.2) is 17.9 Å². The highest BCUT2D eigenvalue weighted by Crippen LogP contribution is 2.22. The average molecular weight is 167 g/mol. The number of carbonyl (C=O) groups is 1. The van der Waals surface area contributed by atoms with E-state index >= 15 is 0 Å². The molecule has 0 saturated heterocycles. The fourth-order valence-corrected chi connectivity index (χ4v) is 2.25. The second kappa shape index (κ2) is 2.66. The Morgan fingerprint density at radius 2 is 2.55 bits per heavy atom. The molecule has 0 aromatic carbocycles. The summed E-state index contributed by atoms with van der Waals surface area (Å²) in [6, 6.07) is 2.11. The summed E-state index contributed by atoms with van der Waals surface area (Å²) >= 11 is 1.80. The maximum Gasteiger partial charge on any atom is 0.210 e. The maximum atomic E-state index is 10.4. The number of hydrogen-bond donors (Lipinski definition) is 0. The van der Waals surface area contributed by atoms with Crippen LogP contribution in [0.3, 0.4) is 0 Å². The third kappa shape index (κ3) is 1.16. The number of carbonyl (C=O) groups excluding carboxylic acids is 1. The van der Waals surface area contributed by atoms with E-state index in [0.717, 1.165) is 25.9 Å². The van der Waals surface area contributed by atoms with Crippen LogP contribution >= 0.6 is 11.3 Å². The normalized spacial score (nSPS) is 16.2. The number of fused-ring (bicyclic) bond motifs is 1. The van der Waals surface area contributed by atoms with Crippen LogP contribution in [0.2, 0.25) is 0 Å². The molecule has 0 N–H and O–H groups in total. The number of hydrogen-bond acceptors (Lipinski definition) is 2. The number of nitrogens with zero attached hydrogens (tertiary/aromatic N) is 1. The van der Waals surface area contributed by atoms with Gasteiger partial charge in [0.05, 0.1) is 0 Å². The van der Waals surface area contributed by atoms with E-state index in [9.17, 15) is 4.79 Å². The minimum atomic E-state index is 0.808. The molecule has 2 rings (SSSR count). The summed E-state index contributed by atoms with van der Waals surface area (Å²) in [6.07, 6.45) is 1.96. The van der Waals surface area contributed by atoms with E-state index in [4.69, 9.17) is 0 Å². The molecule has 1 aromatic heterocycles. The molecule has 0 bridgehead atoms. The lowest BCUT2D eigenvalue weighted by Crippen LogP contribution is -2.27. The van der Waals surface area contributed by atoms with Gasteiger partial charge >= 0.3 is 0 Å². The fourth-order valence-electron chi connectivity index (χ4n) is 1.36. The predicted octanol–water partition coefficient (Wildman–Crippen LogP) is 1.26. The maximum absolute atomic E-state index is 10.4. The van der Waals surface area contributed by atoms with Crippen molar-refractivity contribution in [2.45, 2.75) is 13.0 Å². The Kier molecular flexibility index (Phi) is 1.66. The Balaban J connectivity index is 2.24. The Bertz CT molecular complexity index is 269. The molecule has 2 nitrogen and oxygen atoms in total. The third-order valence-electron chi connectivity index (χ3n) is 1.99. The topological polar surface area (TPSA) is 20.3 Å². The zero-order chi connectivity index (χ0) is 7.68. The molecule has 1 amide bonds. The van der Waals surface area contributed by atoms with Gasteiger partial charge in [-0.15, -0.1) is 11.3 Å². The van der Waals surface area contributed by atoms with Gasteiger partial charge in [0, 0.05) is 18.0 Å². The van der Waals surface area contributed by atoms with E-state index in [0.29, 0.717) is 0 Å². The molecule has 0 saturated carbocycles. The summed E-state index contributed by atoms with van der Waals surface area (Å²) in [4.78, 5) is 13.7. The average Bonchev–Trinajstić information content (AvgIpc) is 2.50. The van der Waals surface area contributed by atoms with Crippen molar-refractivity contribution in [3.8, 4) is 0 Å². The van der Waals surface area contributed by atoms with Gasteiger partial charge in [0.15, 0.2) is 0 Å². The first kappa shape index (κ1) is 6.85. The minimum Gasteiger partial charge on any atom is -0.341 e. The number of thiophene rings is 1. The lowest BCUT2D eigenvalue weighted by molar-refractivity contribution is -0.118. The van der Waals surface area contributed by atoms with Crippen LogP contribution in [0.5, 0.6) is 0 Å². The predicted molar refractivity (Wildman–Crippen MR) is 44.5 cm³/mol. The zero-order valence-electron chi connectivity index (χ0n) is 6.12. The monoisotopic (exact) mass is 167 g/mol. The molecule has 0 radical (unpaired) electrons. The van der Waals surface area contributed by atoms with Crippen molar-refractivity contribution in [3.63, 3.8) is 0 Å². The summed E-state index contributed by atoms with van der Waals surface area (Å²) in [7, 11) is 0. The smallest absolute Gasteiger partial charge is 0.210 e. The summed E-state index contributed by atoms with van der Waals surface area (Å²) in [5.41, 5.74) is 1.33. The largest absolute Gasteiger partial charge is 0.341 e. The Morgan fingerprint density at radius 1 is 1.64 bits per heavy atom. The Hall–Kier alpha value is -0.830. The van der Waals surface area contributed by atoms with Crippen molar-refractivity contribution >= 4 is 17.7 Å². The van der Waals surface area contributed by atoms with Crippen molar-refractivity contribution in [3.05, 3.63) is 21.9 Å². The summed E-state index contributed by atoms with van der Waals surface area (Å²) in [6.45, 7) is 1.69. The van der Waals surface area contributed by atoms with E-state index in [-0.39, 0.29) is 0 Å². The van der Waals surface area contributed by atoms with Crippen molar-refractivity contribution in [2.75, 3.05) is 6.54 Å². The Morgan fingerprint density at radius 3 is 3.36 bits per heavy atom. The lowest BCUT2D eigenvalue weighted by atomic mass is 10.1. The van der Waals surface area contributed by atoms with E-state index in [1.807, 2.05) is 4.90 Å². The molecule has 0 unspecified atom stereocenters. The molecule has 3 heteroatoms. The van der Waals surface area contributed by atoms with Crippen molar-refractivity contribution in [1.82, 2.24) is 4.90 Å². The van der Waals surface area contributed by atoms with Gasteiger partial charge in [-0.25, -0.2) is 0 Å². The van der Waals surface area contributed by atoms with E-state index < -0.39 is 0 Å². The van der Waals surface area contributed by atoms with Gasteiger partial charge < -0.3 is 4.90 Å². The molecular formula is C8H9NOS. The summed E-state index contributed by atoms with van der Waals surface area (Å²) in [5, 5.41) is 2.10. The van der Waals surface area contributed by atoms with Gasteiger partial charge in [-0.2, -0.15) is 0 Å². The third-order valence-corrected chi connectivity index (χ3v) is 3.01. The van der Waals surface area contributed by atoms with E-state index in [2.05, 4.69) is 11.4 Å². The standard InChI is InChI=1S/C8H9NOS/c10-6-9-3-1-8-7(5-9)2-4-11-8/h2,4,6H,1,3,5H2. The highest BCUT2D eigenvalue weighted by Gasteiger charge is 2.14. The van der Waals surface area contributed by atoms with Crippen LogP contribution in [0.25, 0.3) is 0 Å². The van der Waals surface area contributed by atoms with Gasteiger partial charge in [-0.05, 0) is 23.4 Å². The quantitative estimate of drug-likeness (QED) is 0.577. The molecule has 0 atom stereocenters. The molecule has 0 spiro atoms. The first-order valence-corrected chi connectivity index (χ1v) is 4.52. The fraction of sp³-hybridized carbons (Fsp3) is 0.375. The molecule has 11 heavy (non-hydrogen) atoms. The van der Waals surface area contributed by atoms with Gasteiger partial charge in [0.2, 0.25) is 6.41 Å². The summed E-state index contributed by atoms with van der Waals surface area (Å²) in [5.74, 6) is 0. The highest BCUT2D eigenvalue weighted by molar-refractivity contribution is 7.10. The molecule has 0 aliphatic carbocycles. The van der Waals surface area contributed by atoms with Gasteiger partial charge in [0.1, 0.15) is 0 Å². The van der Waals surface area contributed by atoms with Crippen LogP contribution in [0.15, 0.2) is 11.4 Å². The first-order chi connectivity index (χ1) is 5.40. The second-order valence-electron chi connectivity index (χ2n) is 2.69. The molecule has 58 valence electrons. The molecule has 0 fully saturated rings. The lowest BCUT2D eigenvalue weighted by Gasteiger charge is -2.22. The van der Waals surface area contributed by atoms with Crippen molar-refractivity contribution in [2.24, 2.45) is 0 Å². The number of amides is 1. The second-order valence-corrected chi connectivity index (χ2v) is 3.70. The van der Waals surface area contributed by atoms with E-state index in [1.165, 1.54) is 10.4 Å². The number of rotatable bonds is 1. The van der Waals surface area contributed by atoms with Crippen LogP contribution in [0, 0.1) is 0 Å². The molecule has 1 aliphatic rings. The van der Waals surface area contributed by atoms with Crippen molar-refractivity contribution < 1.29 is 4.79 Å². The molecule has 1 aromatic rings. The minimum absolute atomic E-state index is 0.808. The van der Waals surface area contributed by atoms with Crippen LogP contribution < -0.4 is 0 Å². The van der Waals surface area contributed by atoms with Gasteiger partial charge in [-0.1, -0.05) is 0 Å². The SMILES string of the molecule is O=CN1CCc2sccc2C1. The van der Waals surface area contributed by atoms with Gasteiger partial charge in [0.25, 0.3) is 0 Å². The van der Waals surface area contributed by atoms with Crippen LogP contribution in [0.4, 0.5) is 0 Å². The Labute approximate surface area is 69.4 Å². The highest BCUT2D eigenvalue weighted by atomic mass is 32.1. The molecule has 1 aliphatic heterocycles. The molecular weight excluding hydrogens is 158 g/mol. The van der Waals surface area contributed by atoms with Crippen LogP contribution in [-0.2, 0) is 17.8 Å². The molecule has 2 heterocycles. The first-order valence-electron chi connectivity index (χ1n) is 3.65. The van der Waals surface area contributed by atoms with E-state index in [1.54, 1.807) is 11.3 Å². The van der Waals surface area contributed by atoms with Crippen LogP contribution in [0.1, 0.15) is 10.4 Å². The van der Waals surface area contributed by atoms with Gasteiger partial charge in [-0.3, -0.25) is 4.79 Å².